The highest BCUT2D eigenvalue weighted by Gasteiger charge is 2.43. The number of benzene rings is 2. The molecule has 4 rings (SSSR count). The second-order valence-electron chi connectivity index (χ2n) is 9.57. The van der Waals surface area contributed by atoms with Crippen LogP contribution in [-0.2, 0) is 25.7 Å². The van der Waals surface area contributed by atoms with Gasteiger partial charge in [-0.25, -0.2) is 4.79 Å². The average Bonchev–Trinajstić information content (AvgIpc) is 3.35. The number of imide groups is 1. The highest BCUT2D eigenvalue weighted by atomic mass is 16.4. The predicted molar refractivity (Wildman–Crippen MR) is 145 cm³/mol. The van der Waals surface area contributed by atoms with Crippen molar-refractivity contribution in [1.82, 2.24) is 9.80 Å². The molecular weight excluding hydrogens is 536 g/mol. The van der Waals surface area contributed by atoms with Crippen molar-refractivity contribution in [3.05, 3.63) is 58.7 Å². The highest BCUT2D eigenvalue weighted by Crippen LogP contribution is 2.31. The first kappa shape index (κ1) is 30.3. The Balaban J connectivity index is 0.000000226. The first-order valence-corrected chi connectivity index (χ1v) is 12.5. The van der Waals surface area contributed by atoms with E-state index >= 15 is 0 Å². The Labute approximate surface area is 234 Å². The summed E-state index contributed by atoms with van der Waals surface area (Å²) in [7, 11) is 0. The molecule has 216 valence electrons. The number of nitrogen functional groups attached to an aromatic ring is 2. The van der Waals surface area contributed by atoms with E-state index in [2.05, 4.69) is 0 Å². The van der Waals surface area contributed by atoms with Crippen LogP contribution in [0.15, 0.2) is 36.4 Å². The maximum Gasteiger partial charge on any atom is 0.326 e. The molecule has 0 aromatic heterocycles. The number of fused-ring (bicyclic) bond motifs is 2. The van der Waals surface area contributed by atoms with Gasteiger partial charge in [-0.1, -0.05) is 12.1 Å². The van der Waals surface area contributed by atoms with E-state index in [1.807, 2.05) is 0 Å². The summed E-state index contributed by atoms with van der Waals surface area (Å²) < 4.78 is 0. The molecule has 0 fully saturated rings. The van der Waals surface area contributed by atoms with E-state index < -0.39 is 41.7 Å². The van der Waals surface area contributed by atoms with Gasteiger partial charge in [0.15, 0.2) is 0 Å². The third-order valence-corrected chi connectivity index (χ3v) is 6.75. The van der Waals surface area contributed by atoms with Gasteiger partial charge >= 0.3 is 5.97 Å². The van der Waals surface area contributed by atoms with Crippen molar-refractivity contribution < 1.29 is 38.7 Å². The Morgan fingerprint density at radius 2 is 1.41 bits per heavy atom. The fourth-order valence-corrected chi connectivity index (χ4v) is 4.67. The normalized spacial score (nSPS) is 15.0. The second kappa shape index (κ2) is 12.3. The number of carbonyl (C=O) groups is 7. The van der Waals surface area contributed by atoms with Crippen molar-refractivity contribution in [3.63, 3.8) is 0 Å². The van der Waals surface area contributed by atoms with Gasteiger partial charge in [0.2, 0.25) is 11.8 Å². The van der Waals surface area contributed by atoms with Gasteiger partial charge in [-0.05, 0) is 44.0 Å². The van der Waals surface area contributed by atoms with E-state index in [1.165, 1.54) is 24.0 Å². The molecule has 0 radical (unpaired) electrons. The number of hydrogen-bond donors (Lipinski definition) is 5. The molecule has 0 spiro atoms. The number of ketones is 1. The van der Waals surface area contributed by atoms with Crippen molar-refractivity contribution in [3.8, 4) is 0 Å². The molecule has 5 amide bonds. The molecular formula is C27H30N6O8. The second-order valence-corrected chi connectivity index (χ2v) is 9.57. The number of nitrogens with zero attached hydrogens (tertiary/aromatic N) is 2. The van der Waals surface area contributed by atoms with Crippen molar-refractivity contribution in [2.24, 2.45) is 11.5 Å². The van der Waals surface area contributed by atoms with Crippen molar-refractivity contribution in [2.45, 2.75) is 51.2 Å². The zero-order valence-corrected chi connectivity index (χ0v) is 22.2. The molecule has 0 saturated carbocycles. The van der Waals surface area contributed by atoms with E-state index in [-0.39, 0.29) is 60.7 Å². The highest BCUT2D eigenvalue weighted by molar-refractivity contribution is 6.24. The van der Waals surface area contributed by atoms with E-state index in [1.54, 1.807) is 24.3 Å². The summed E-state index contributed by atoms with van der Waals surface area (Å²) in [6.45, 7) is 1.50. The number of carboxylic acid groups (broad SMARTS) is 1. The lowest BCUT2D eigenvalue weighted by molar-refractivity contribution is -0.142. The SMILES string of the molecule is CC(=O)CCC(C(N)=O)N1C(=O)c2cccc(N)c2C1=O.NC(=O)CCC(C(=O)O)N1Cc2c(N)cccc2C1=O. The standard InChI is InChI=1S/C14H15N3O4.C13H15N3O4/c1-7(18)5-6-10(12(16)19)17-13(20)8-3-2-4-9(15)11(8)14(17)21;14-9-3-1-2-7-8(9)6-16(12(7)18)10(13(19)20)4-5-11(15)17/h2-4,10H,5-6,15H2,1H3,(H2,16,19);1-3,10H,4-6,14H2,(H2,15,17)(H,19,20). The monoisotopic (exact) mass is 566 g/mol. The summed E-state index contributed by atoms with van der Waals surface area (Å²) in [5.41, 5.74) is 23.7. The first-order chi connectivity index (χ1) is 19.3. The van der Waals surface area contributed by atoms with Gasteiger partial charge in [-0.15, -0.1) is 0 Å². The van der Waals surface area contributed by atoms with Crippen LogP contribution >= 0.6 is 0 Å². The molecule has 2 aromatic rings. The topological polar surface area (TPSA) is 250 Å². The van der Waals surface area contributed by atoms with E-state index in [4.69, 9.17) is 22.9 Å². The van der Waals surface area contributed by atoms with Gasteiger partial charge in [-0.3, -0.25) is 28.9 Å². The summed E-state index contributed by atoms with van der Waals surface area (Å²) in [5, 5.41) is 9.24. The van der Waals surface area contributed by atoms with Crippen LogP contribution < -0.4 is 22.9 Å². The van der Waals surface area contributed by atoms with E-state index in [9.17, 15) is 38.7 Å². The summed E-state index contributed by atoms with van der Waals surface area (Å²) >= 11 is 0. The number of anilines is 2. The minimum absolute atomic E-state index is 0.00962. The van der Waals surface area contributed by atoms with Gasteiger partial charge in [0.1, 0.15) is 17.9 Å². The molecule has 2 aromatic carbocycles. The first-order valence-electron chi connectivity index (χ1n) is 12.5. The third kappa shape index (κ3) is 6.32. The minimum Gasteiger partial charge on any atom is -0.480 e. The predicted octanol–water partition coefficient (Wildman–Crippen LogP) is 0.0312. The number of nitrogens with two attached hydrogens (primary N) is 4. The lowest BCUT2D eigenvalue weighted by atomic mass is 10.1. The number of primary amides is 2. The summed E-state index contributed by atoms with van der Waals surface area (Å²) in [5.74, 6) is -4.40. The Hall–Kier alpha value is -5.27. The number of hydrogen-bond acceptors (Lipinski definition) is 9. The quantitative estimate of drug-likeness (QED) is 0.190. The van der Waals surface area contributed by atoms with Crippen LogP contribution in [0.4, 0.5) is 11.4 Å². The smallest absolute Gasteiger partial charge is 0.326 e. The van der Waals surface area contributed by atoms with Crippen molar-refractivity contribution in [1.29, 1.82) is 0 Å². The minimum atomic E-state index is -1.16. The molecule has 9 N–H and O–H groups in total. The van der Waals surface area contributed by atoms with Crippen molar-refractivity contribution in [2.75, 3.05) is 11.5 Å². The maximum atomic E-state index is 12.4. The molecule has 0 aliphatic carbocycles. The zero-order chi connectivity index (χ0) is 30.6. The number of carbonyl (C=O) groups excluding carboxylic acids is 6. The van der Waals surface area contributed by atoms with Crippen LogP contribution in [0.1, 0.15) is 69.2 Å². The molecule has 14 heteroatoms. The Morgan fingerprint density at radius 3 is 1.93 bits per heavy atom. The molecule has 2 heterocycles. The number of aliphatic carboxylic acids is 1. The molecule has 0 bridgehead atoms. The summed E-state index contributed by atoms with van der Waals surface area (Å²) in [6.07, 6.45) is -0.0383. The number of carboxylic acids is 1. The Kier molecular flexibility index (Phi) is 9.07. The van der Waals surface area contributed by atoms with Gasteiger partial charge in [0, 0.05) is 41.9 Å². The average molecular weight is 567 g/mol. The maximum absolute atomic E-state index is 12.4. The van der Waals surface area contributed by atoms with Crippen LogP contribution in [-0.4, -0.2) is 68.3 Å². The zero-order valence-electron chi connectivity index (χ0n) is 22.2. The molecule has 0 saturated heterocycles. The van der Waals surface area contributed by atoms with Crippen LogP contribution in [0.25, 0.3) is 0 Å². The largest absolute Gasteiger partial charge is 0.480 e. The van der Waals surface area contributed by atoms with Gasteiger partial charge < -0.3 is 37.7 Å². The number of amides is 5. The van der Waals surface area contributed by atoms with Crippen LogP contribution in [0.2, 0.25) is 0 Å². The summed E-state index contributed by atoms with van der Waals surface area (Å²) in [6, 6.07) is 7.21. The third-order valence-electron chi connectivity index (χ3n) is 6.75. The summed E-state index contributed by atoms with van der Waals surface area (Å²) in [4.78, 5) is 83.6. The van der Waals surface area contributed by atoms with E-state index in [0.29, 0.717) is 16.8 Å². The Bertz CT molecular complexity index is 1460. The van der Waals surface area contributed by atoms with Crippen LogP contribution in [0, 0.1) is 0 Å². The molecule has 2 unspecified atom stereocenters. The molecule has 41 heavy (non-hydrogen) atoms. The fraction of sp³-hybridized carbons (Fsp3) is 0.296. The molecule has 14 nitrogen and oxygen atoms in total. The lowest BCUT2D eigenvalue weighted by Gasteiger charge is -2.23. The Morgan fingerprint density at radius 1 is 0.829 bits per heavy atom. The van der Waals surface area contributed by atoms with Gasteiger partial charge in [0.25, 0.3) is 17.7 Å². The van der Waals surface area contributed by atoms with Gasteiger partial charge in [0.05, 0.1) is 11.1 Å². The fourth-order valence-electron chi connectivity index (χ4n) is 4.67. The molecule has 2 aliphatic heterocycles. The van der Waals surface area contributed by atoms with Crippen molar-refractivity contribution >= 4 is 52.7 Å². The lowest BCUT2D eigenvalue weighted by Crippen LogP contribution is -2.48. The molecule has 2 aliphatic rings. The van der Waals surface area contributed by atoms with E-state index in [0.717, 1.165) is 4.90 Å². The van der Waals surface area contributed by atoms with Gasteiger partial charge in [-0.2, -0.15) is 0 Å². The number of rotatable bonds is 10. The van der Waals surface area contributed by atoms with Crippen LogP contribution in [0.5, 0.6) is 0 Å². The number of Topliss-reactive ketones (excluding diaryl/α,β-unsaturated/α-hetero) is 1. The van der Waals surface area contributed by atoms with Crippen LogP contribution in [0.3, 0.4) is 0 Å². The molecule has 2 atom stereocenters.